The molecule has 0 radical (unpaired) electrons. The van der Waals surface area contributed by atoms with E-state index in [0.717, 1.165) is 25.8 Å². The van der Waals surface area contributed by atoms with Gasteiger partial charge in [0.25, 0.3) is 0 Å². The van der Waals surface area contributed by atoms with Gasteiger partial charge in [-0.1, -0.05) is 30.3 Å². The molecule has 110 valence electrons. The van der Waals surface area contributed by atoms with Gasteiger partial charge in [-0.15, -0.1) is 0 Å². The first kappa shape index (κ1) is 14.0. The maximum absolute atomic E-state index is 6.03. The van der Waals surface area contributed by atoms with Crippen LogP contribution in [-0.2, 0) is 14.2 Å². The van der Waals surface area contributed by atoms with E-state index in [1.54, 1.807) is 14.2 Å². The van der Waals surface area contributed by atoms with E-state index < -0.39 is 5.79 Å². The molecule has 2 heterocycles. The number of hydrogen-bond acceptors (Lipinski definition) is 4. The van der Waals surface area contributed by atoms with Gasteiger partial charge < -0.3 is 14.2 Å². The number of ether oxygens (including phenoxy) is 3. The first-order valence-electron chi connectivity index (χ1n) is 7.27. The van der Waals surface area contributed by atoms with E-state index in [0.29, 0.717) is 12.8 Å². The third-order valence-electron chi connectivity index (χ3n) is 4.66. The summed E-state index contributed by atoms with van der Waals surface area (Å²) in [7, 11) is 3.45. The van der Waals surface area contributed by atoms with E-state index in [-0.39, 0.29) is 6.10 Å². The summed E-state index contributed by atoms with van der Waals surface area (Å²) in [6, 6.07) is 11.1. The number of rotatable bonds is 3. The molecule has 2 aliphatic heterocycles. The number of hydrogen-bond donors (Lipinski definition) is 0. The molecule has 0 aliphatic carbocycles. The molecular formula is C16H23NO3. The minimum atomic E-state index is -0.459. The van der Waals surface area contributed by atoms with Crippen molar-refractivity contribution in [3.05, 3.63) is 35.9 Å². The normalized spacial score (nSPS) is 29.9. The van der Waals surface area contributed by atoms with Crippen molar-refractivity contribution in [1.82, 2.24) is 4.90 Å². The molecule has 0 spiro atoms. The van der Waals surface area contributed by atoms with E-state index in [1.807, 2.05) is 6.07 Å². The van der Waals surface area contributed by atoms with E-state index in [1.165, 1.54) is 5.56 Å². The first-order chi connectivity index (χ1) is 9.76. The van der Waals surface area contributed by atoms with Gasteiger partial charge in [0.15, 0.2) is 5.79 Å². The van der Waals surface area contributed by atoms with Crippen LogP contribution < -0.4 is 0 Å². The molecule has 0 unspecified atom stereocenters. The molecule has 20 heavy (non-hydrogen) atoms. The fourth-order valence-corrected chi connectivity index (χ4v) is 3.32. The monoisotopic (exact) mass is 277 g/mol. The molecule has 1 aromatic carbocycles. The van der Waals surface area contributed by atoms with Crippen LogP contribution in [-0.4, -0.2) is 44.2 Å². The summed E-state index contributed by atoms with van der Waals surface area (Å²) in [5.41, 5.74) is 1.28. The number of benzene rings is 1. The Morgan fingerprint density at radius 1 is 1.20 bits per heavy atom. The van der Waals surface area contributed by atoms with Crippen LogP contribution in [0.4, 0.5) is 0 Å². The minimum Gasteiger partial charge on any atom is -0.358 e. The fourth-order valence-electron chi connectivity index (χ4n) is 3.32. The SMILES string of the molecule is COC1(OC)CC[C@@H]2C[C@H](c3ccccc3)OCN2C1. The van der Waals surface area contributed by atoms with E-state index in [9.17, 15) is 0 Å². The van der Waals surface area contributed by atoms with Crippen molar-refractivity contribution in [1.29, 1.82) is 0 Å². The zero-order valence-electron chi connectivity index (χ0n) is 12.2. The van der Waals surface area contributed by atoms with Crippen molar-refractivity contribution in [3.63, 3.8) is 0 Å². The van der Waals surface area contributed by atoms with Crippen molar-refractivity contribution in [2.45, 2.75) is 37.2 Å². The Kier molecular flexibility index (Phi) is 4.08. The molecule has 0 N–H and O–H groups in total. The zero-order valence-corrected chi connectivity index (χ0v) is 12.2. The Hall–Kier alpha value is -0.940. The topological polar surface area (TPSA) is 30.9 Å². The molecule has 0 amide bonds. The summed E-state index contributed by atoms with van der Waals surface area (Å²) in [4.78, 5) is 2.34. The highest BCUT2D eigenvalue weighted by atomic mass is 16.7. The lowest BCUT2D eigenvalue weighted by Crippen LogP contribution is -2.57. The van der Waals surface area contributed by atoms with Crippen LogP contribution in [0, 0.1) is 0 Å². The van der Waals surface area contributed by atoms with Crippen LogP contribution in [0.25, 0.3) is 0 Å². The quantitative estimate of drug-likeness (QED) is 0.795. The van der Waals surface area contributed by atoms with Gasteiger partial charge in [0.05, 0.1) is 12.6 Å². The second-order valence-corrected chi connectivity index (χ2v) is 5.69. The second kappa shape index (κ2) is 5.82. The predicted octanol–water partition coefficient (Wildman–Crippen LogP) is 2.56. The maximum Gasteiger partial charge on any atom is 0.180 e. The molecule has 2 aliphatic rings. The van der Waals surface area contributed by atoms with Crippen molar-refractivity contribution < 1.29 is 14.2 Å². The summed E-state index contributed by atoms with van der Waals surface area (Å²) in [5, 5.41) is 0. The van der Waals surface area contributed by atoms with Gasteiger partial charge >= 0.3 is 0 Å². The number of methoxy groups -OCH3 is 2. The van der Waals surface area contributed by atoms with Gasteiger partial charge in [0.1, 0.15) is 6.73 Å². The summed E-state index contributed by atoms with van der Waals surface area (Å²) in [6.07, 6.45) is 3.31. The Labute approximate surface area is 120 Å². The van der Waals surface area contributed by atoms with Crippen LogP contribution in [0.15, 0.2) is 30.3 Å². The molecule has 2 atom stereocenters. The summed E-state index contributed by atoms with van der Waals surface area (Å²) in [5.74, 6) is -0.459. The summed E-state index contributed by atoms with van der Waals surface area (Å²) in [6.45, 7) is 1.44. The number of piperidine rings is 1. The number of fused-ring (bicyclic) bond motifs is 1. The van der Waals surface area contributed by atoms with Crippen molar-refractivity contribution in [3.8, 4) is 0 Å². The molecule has 2 fully saturated rings. The zero-order chi connectivity index (χ0) is 14.0. The Morgan fingerprint density at radius 3 is 2.65 bits per heavy atom. The Balaban J connectivity index is 1.67. The molecule has 0 aromatic heterocycles. The van der Waals surface area contributed by atoms with Crippen LogP contribution >= 0.6 is 0 Å². The Morgan fingerprint density at radius 2 is 1.95 bits per heavy atom. The van der Waals surface area contributed by atoms with Crippen LogP contribution in [0.2, 0.25) is 0 Å². The van der Waals surface area contributed by atoms with E-state index >= 15 is 0 Å². The molecule has 0 saturated carbocycles. The van der Waals surface area contributed by atoms with Crippen molar-refractivity contribution >= 4 is 0 Å². The van der Waals surface area contributed by atoms with Crippen LogP contribution in [0.5, 0.6) is 0 Å². The first-order valence-corrected chi connectivity index (χ1v) is 7.27. The molecule has 0 bridgehead atoms. The lowest BCUT2D eigenvalue weighted by Gasteiger charge is -2.48. The Bertz CT molecular complexity index is 433. The third-order valence-corrected chi connectivity index (χ3v) is 4.66. The molecule has 4 heteroatoms. The largest absolute Gasteiger partial charge is 0.358 e. The van der Waals surface area contributed by atoms with E-state index in [2.05, 4.69) is 29.2 Å². The highest BCUT2D eigenvalue weighted by molar-refractivity contribution is 5.18. The standard InChI is InChI=1S/C16H23NO3/c1-18-16(19-2)9-8-14-10-15(20-12-17(14)11-16)13-6-4-3-5-7-13/h3-7,14-15H,8-12H2,1-2H3/t14-,15-/m1/s1. The lowest BCUT2D eigenvalue weighted by atomic mass is 9.90. The maximum atomic E-state index is 6.03. The highest BCUT2D eigenvalue weighted by Gasteiger charge is 2.42. The van der Waals surface area contributed by atoms with Crippen LogP contribution in [0.3, 0.4) is 0 Å². The smallest absolute Gasteiger partial charge is 0.180 e. The highest BCUT2D eigenvalue weighted by Crippen LogP contribution is 2.37. The number of nitrogens with zero attached hydrogens (tertiary/aromatic N) is 1. The van der Waals surface area contributed by atoms with Gasteiger partial charge in [-0.25, -0.2) is 0 Å². The molecule has 4 nitrogen and oxygen atoms in total. The van der Waals surface area contributed by atoms with Crippen LogP contribution in [0.1, 0.15) is 30.9 Å². The van der Waals surface area contributed by atoms with Gasteiger partial charge in [-0.2, -0.15) is 0 Å². The molecule has 1 aromatic rings. The predicted molar refractivity (Wildman–Crippen MR) is 76.2 cm³/mol. The fraction of sp³-hybridized carbons (Fsp3) is 0.625. The van der Waals surface area contributed by atoms with Gasteiger partial charge in [-0.05, 0) is 18.4 Å². The van der Waals surface area contributed by atoms with Gasteiger partial charge in [0.2, 0.25) is 0 Å². The van der Waals surface area contributed by atoms with Crippen molar-refractivity contribution in [2.24, 2.45) is 0 Å². The lowest BCUT2D eigenvalue weighted by molar-refractivity contribution is -0.258. The second-order valence-electron chi connectivity index (χ2n) is 5.69. The van der Waals surface area contributed by atoms with E-state index in [4.69, 9.17) is 14.2 Å². The molecular weight excluding hydrogens is 254 g/mol. The minimum absolute atomic E-state index is 0.218. The van der Waals surface area contributed by atoms with Gasteiger partial charge in [0, 0.05) is 26.7 Å². The molecule has 2 saturated heterocycles. The third kappa shape index (κ3) is 2.61. The average molecular weight is 277 g/mol. The molecule has 3 rings (SSSR count). The van der Waals surface area contributed by atoms with Crippen molar-refractivity contribution in [2.75, 3.05) is 27.5 Å². The van der Waals surface area contributed by atoms with Gasteiger partial charge in [-0.3, -0.25) is 4.90 Å². The summed E-state index contributed by atoms with van der Waals surface area (Å²) >= 11 is 0. The average Bonchev–Trinajstić information content (AvgIpc) is 2.54. The summed E-state index contributed by atoms with van der Waals surface area (Å²) < 4.78 is 17.2.